The summed E-state index contributed by atoms with van der Waals surface area (Å²) < 4.78 is 6.83. The van der Waals surface area contributed by atoms with E-state index in [0.717, 1.165) is 27.3 Å². The average molecular weight is 385 g/mol. The fraction of sp³-hybridized carbons (Fsp3) is 0.158. The van der Waals surface area contributed by atoms with Gasteiger partial charge in [0, 0.05) is 29.1 Å². The van der Waals surface area contributed by atoms with Gasteiger partial charge in [-0.15, -0.1) is 0 Å². The second kappa shape index (κ2) is 7.93. The second-order valence-corrected chi connectivity index (χ2v) is 6.20. The Morgan fingerprint density at radius 2 is 1.92 bits per heavy atom. The summed E-state index contributed by atoms with van der Waals surface area (Å²) >= 11 is 3.52. The average Bonchev–Trinajstić information content (AvgIpc) is 3.08. The summed E-state index contributed by atoms with van der Waals surface area (Å²) in [6.45, 7) is 0.444. The topological polar surface area (TPSA) is 55.1 Å². The molecule has 0 unspecified atom stereocenters. The third kappa shape index (κ3) is 4.32. The number of furan rings is 1. The molecule has 0 saturated carbocycles. The van der Waals surface area contributed by atoms with E-state index in [2.05, 4.69) is 26.2 Å². The first-order chi connectivity index (χ1) is 11.7. The molecule has 2 aromatic heterocycles. The van der Waals surface area contributed by atoms with E-state index in [0.29, 0.717) is 19.4 Å². The molecule has 0 radical (unpaired) electrons. The summed E-state index contributed by atoms with van der Waals surface area (Å²) in [5.41, 5.74) is 1.85. The number of rotatable bonds is 6. The van der Waals surface area contributed by atoms with E-state index in [1.54, 1.807) is 6.20 Å². The highest BCUT2D eigenvalue weighted by molar-refractivity contribution is 9.10. The zero-order valence-corrected chi connectivity index (χ0v) is 14.6. The molecule has 0 fully saturated rings. The zero-order valence-electron chi connectivity index (χ0n) is 13.0. The molecule has 122 valence electrons. The third-order valence-corrected chi connectivity index (χ3v) is 4.28. The standard InChI is InChI=1S/C19H17BrN2O2/c20-17-7-2-1-6-16(17)18-10-8-15(24-18)9-11-19(23)22-13-14-5-3-4-12-21-14/h1-8,10,12H,9,11,13H2,(H,22,23). The predicted octanol–water partition coefficient (Wildman–Crippen LogP) is 4.35. The van der Waals surface area contributed by atoms with Gasteiger partial charge < -0.3 is 9.73 Å². The lowest BCUT2D eigenvalue weighted by atomic mass is 10.2. The molecule has 3 rings (SSSR count). The van der Waals surface area contributed by atoms with Crippen LogP contribution in [-0.2, 0) is 17.8 Å². The van der Waals surface area contributed by atoms with Crippen LogP contribution in [0.2, 0.25) is 0 Å². The Hall–Kier alpha value is -2.40. The summed E-state index contributed by atoms with van der Waals surface area (Å²) in [4.78, 5) is 16.1. The normalized spacial score (nSPS) is 10.5. The Balaban J connectivity index is 1.52. The number of amides is 1. The van der Waals surface area contributed by atoms with Crippen LogP contribution in [0.3, 0.4) is 0 Å². The van der Waals surface area contributed by atoms with Crippen molar-refractivity contribution < 1.29 is 9.21 Å². The molecule has 1 N–H and O–H groups in total. The molecule has 0 aliphatic carbocycles. The summed E-state index contributed by atoms with van der Waals surface area (Å²) in [5.74, 6) is 1.58. The number of aromatic nitrogens is 1. The molecule has 2 heterocycles. The molecule has 5 heteroatoms. The largest absolute Gasteiger partial charge is 0.461 e. The van der Waals surface area contributed by atoms with E-state index in [-0.39, 0.29) is 5.91 Å². The van der Waals surface area contributed by atoms with Gasteiger partial charge in [-0.05, 0) is 30.3 Å². The molecule has 0 spiro atoms. The maximum absolute atomic E-state index is 11.9. The van der Waals surface area contributed by atoms with E-state index in [1.165, 1.54) is 0 Å². The van der Waals surface area contributed by atoms with E-state index in [4.69, 9.17) is 4.42 Å². The van der Waals surface area contributed by atoms with E-state index >= 15 is 0 Å². The van der Waals surface area contributed by atoms with Gasteiger partial charge in [0.05, 0.1) is 12.2 Å². The van der Waals surface area contributed by atoms with Crippen LogP contribution in [0.15, 0.2) is 69.7 Å². The lowest BCUT2D eigenvalue weighted by Crippen LogP contribution is -2.23. The fourth-order valence-electron chi connectivity index (χ4n) is 2.34. The van der Waals surface area contributed by atoms with Gasteiger partial charge in [0.15, 0.2) is 0 Å². The molecule has 0 aliphatic heterocycles. The van der Waals surface area contributed by atoms with E-state index in [9.17, 15) is 4.79 Å². The van der Waals surface area contributed by atoms with Crippen LogP contribution in [0, 0.1) is 0 Å². The van der Waals surface area contributed by atoms with Crippen LogP contribution >= 0.6 is 15.9 Å². The van der Waals surface area contributed by atoms with Crippen molar-refractivity contribution in [2.45, 2.75) is 19.4 Å². The zero-order chi connectivity index (χ0) is 16.8. The first-order valence-corrected chi connectivity index (χ1v) is 8.52. The molecule has 0 saturated heterocycles. The first-order valence-electron chi connectivity index (χ1n) is 7.72. The number of nitrogens with one attached hydrogen (secondary N) is 1. The number of nitrogens with zero attached hydrogens (tertiary/aromatic N) is 1. The van der Waals surface area contributed by atoms with Crippen molar-refractivity contribution in [2.75, 3.05) is 0 Å². The maximum atomic E-state index is 11.9. The summed E-state index contributed by atoms with van der Waals surface area (Å²) in [5, 5.41) is 2.87. The number of halogens is 1. The molecular weight excluding hydrogens is 368 g/mol. The number of pyridine rings is 1. The Morgan fingerprint density at radius 1 is 1.08 bits per heavy atom. The van der Waals surface area contributed by atoms with Crippen molar-refractivity contribution in [3.05, 3.63) is 76.7 Å². The Morgan fingerprint density at radius 3 is 2.71 bits per heavy atom. The number of hydrogen-bond donors (Lipinski definition) is 1. The van der Waals surface area contributed by atoms with Crippen molar-refractivity contribution in [1.82, 2.24) is 10.3 Å². The Labute approximate surface area is 149 Å². The van der Waals surface area contributed by atoms with Crippen LogP contribution in [0.4, 0.5) is 0 Å². The van der Waals surface area contributed by atoms with Gasteiger partial charge in [0.25, 0.3) is 0 Å². The van der Waals surface area contributed by atoms with Gasteiger partial charge in [-0.3, -0.25) is 9.78 Å². The summed E-state index contributed by atoms with van der Waals surface area (Å²) in [6.07, 6.45) is 2.67. The molecule has 0 aliphatic rings. The SMILES string of the molecule is O=C(CCc1ccc(-c2ccccc2Br)o1)NCc1ccccn1. The fourth-order valence-corrected chi connectivity index (χ4v) is 2.82. The predicted molar refractivity (Wildman–Crippen MR) is 96.2 cm³/mol. The molecular formula is C19H17BrN2O2. The second-order valence-electron chi connectivity index (χ2n) is 5.34. The highest BCUT2D eigenvalue weighted by atomic mass is 79.9. The van der Waals surface area contributed by atoms with Gasteiger partial charge in [0.2, 0.25) is 5.91 Å². The number of benzene rings is 1. The minimum atomic E-state index is -0.0144. The lowest BCUT2D eigenvalue weighted by Gasteiger charge is -2.04. The Bertz CT molecular complexity index is 815. The van der Waals surface area contributed by atoms with Gasteiger partial charge in [-0.25, -0.2) is 0 Å². The van der Waals surface area contributed by atoms with Crippen molar-refractivity contribution in [3.8, 4) is 11.3 Å². The molecule has 0 atom stereocenters. The van der Waals surface area contributed by atoms with Crippen LogP contribution in [0.5, 0.6) is 0 Å². The molecule has 1 aromatic carbocycles. The van der Waals surface area contributed by atoms with Crippen LogP contribution in [0.25, 0.3) is 11.3 Å². The number of hydrogen-bond acceptors (Lipinski definition) is 3. The first kappa shape index (κ1) is 16.5. The van der Waals surface area contributed by atoms with Crippen LogP contribution in [0.1, 0.15) is 17.9 Å². The number of aryl methyl sites for hydroxylation is 1. The van der Waals surface area contributed by atoms with Gasteiger partial charge >= 0.3 is 0 Å². The molecule has 0 bridgehead atoms. The Kier molecular flexibility index (Phi) is 5.43. The summed E-state index contributed by atoms with van der Waals surface area (Å²) in [6, 6.07) is 17.4. The van der Waals surface area contributed by atoms with Gasteiger partial charge in [-0.1, -0.05) is 40.2 Å². The minimum Gasteiger partial charge on any atom is -0.461 e. The van der Waals surface area contributed by atoms with Crippen LogP contribution in [-0.4, -0.2) is 10.9 Å². The van der Waals surface area contributed by atoms with E-state index < -0.39 is 0 Å². The third-order valence-electron chi connectivity index (χ3n) is 3.59. The van der Waals surface area contributed by atoms with Crippen molar-refractivity contribution in [2.24, 2.45) is 0 Å². The monoisotopic (exact) mass is 384 g/mol. The smallest absolute Gasteiger partial charge is 0.220 e. The van der Waals surface area contributed by atoms with E-state index in [1.807, 2.05) is 54.6 Å². The number of carbonyl (C=O) groups is 1. The molecule has 4 nitrogen and oxygen atoms in total. The maximum Gasteiger partial charge on any atom is 0.220 e. The van der Waals surface area contributed by atoms with Gasteiger partial charge in [0.1, 0.15) is 11.5 Å². The van der Waals surface area contributed by atoms with Crippen molar-refractivity contribution in [3.63, 3.8) is 0 Å². The lowest BCUT2D eigenvalue weighted by molar-refractivity contribution is -0.121. The summed E-state index contributed by atoms with van der Waals surface area (Å²) in [7, 11) is 0. The molecule has 1 amide bonds. The highest BCUT2D eigenvalue weighted by Crippen LogP contribution is 2.29. The minimum absolute atomic E-state index is 0.0144. The quantitative estimate of drug-likeness (QED) is 0.686. The molecule has 3 aromatic rings. The molecule has 24 heavy (non-hydrogen) atoms. The van der Waals surface area contributed by atoms with Crippen LogP contribution < -0.4 is 5.32 Å². The van der Waals surface area contributed by atoms with Crippen molar-refractivity contribution in [1.29, 1.82) is 0 Å². The van der Waals surface area contributed by atoms with Gasteiger partial charge in [-0.2, -0.15) is 0 Å². The van der Waals surface area contributed by atoms with Crippen molar-refractivity contribution >= 4 is 21.8 Å². The number of carbonyl (C=O) groups excluding carboxylic acids is 1. The highest BCUT2D eigenvalue weighted by Gasteiger charge is 2.09.